The van der Waals surface area contributed by atoms with Gasteiger partial charge in [-0.25, -0.2) is 4.98 Å². The number of amides is 2. The first kappa shape index (κ1) is 21.2. The molecule has 6 nitrogen and oxygen atoms in total. The molecule has 2 amide bonds. The van der Waals surface area contributed by atoms with Gasteiger partial charge in [0, 0.05) is 18.1 Å². The molecule has 30 heavy (non-hydrogen) atoms. The highest BCUT2D eigenvalue weighted by Crippen LogP contribution is 2.27. The van der Waals surface area contributed by atoms with Crippen LogP contribution >= 0.6 is 11.8 Å². The smallest absolute Gasteiger partial charge is 0.243 e. The van der Waals surface area contributed by atoms with Crippen LogP contribution in [0.1, 0.15) is 58.8 Å². The molecule has 2 atom stereocenters. The van der Waals surface area contributed by atoms with Crippen molar-refractivity contribution in [1.82, 2.24) is 19.8 Å². The third-order valence-corrected chi connectivity index (χ3v) is 7.42. The van der Waals surface area contributed by atoms with Gasteiger partial charge in [-0.1, -0.05) is 36.7 Å². The normalized spacial score (nSPS) is 22.5. The molecule has 4 rings (SSSR count). The molecular formula is C23H32N4O2S. The summed E-state index contributed by atoms with van der Waals surface area (Å²) in [6, 6.07) is 8.75. The zero-order valence-corrected chi connectivity index (χ0v) is 18.8. The molecule has 2 fully saturated rings. The number of benzene rings is 1. The van der Waals surface area contributed by atoms with Crippen LogP contribution in [0.15, 0.2) is 29.4 Å². The Bertz CT molecular complexity index is 896. The molecular weight excluding hydrogens is 396 g/mol. The van der Waals surface area contributed by atoms with E-state index in [1.807, 2.05) is 33.7 Å². The van der Waals surface area contributed by atoms with Crippen molar-refractivity contribution in [2.24, 2.45) is 0 Å². The first-order valence-corrected chi connectivity index (χ1v) is 12.2. The minimum atomic E-state index is 0.0510. The molecule has 0 spiro atoms. The maximum Gasteiger partial charge on any atom is 0.243 e. The summed E-state index contributed by atoms with van der Waals surface area (Å²) < 4.78 is 1.99. The minimum absolute atomic E-state index is 0.0510. The van der Waals surface area contributed by atoms with Gasteiger partial charge in [-0.15, -0.1) is 0 Å². The molecule has 1 aliphatic carbocycles. The second-order valence-electron chi connectivity index (χ2n) is 8.74. The molecule has 1 saturated carbocycles. The Balaban J connectivity index is 1.50. The first-order valence-electron chi connectivity index (χ1n) is 11.2. The van der Waals surface area contributed by atoms with Crippen LogP contribution in [0.2, 0.25) is 0 Å². The van der Waals surface area contributed by atoms with Crippen LogP contribution in [0.5, 0.6) is 0 Å². The Hall–Kier alpha value is -2.02. The molecule has 1 N–H and O–H groups in total. The molecule has 1 aliphatic heterocycles. The van der Waals surface area contributed by atoms with E-state index in [2.05, 4.69) is 19.2 Å². The summed E-state index contributed by atoms with van der Waals surface area (Å²) in [6.45, 7) is 4.55. The van der Waals surface area contributed by atoms with E-state index < -0.39 is 0 Å². The highest BCUT2D eigenvalue weighted by atomic mass is 32.2. The summed E-state index contributed by atoms with van der Waals surface area (Å²) in [5.41, 5.74) is 1.81. The summed E-state index contributed by atoms with van der Waals surface area (Å²) in [4.78, 5) is 32.4. The highest BCUT2D eigenvalue weighted by molar-refractivity contribution is 7.99. The standard InChI is InChI=1S/C23H32N4O2S/c1-16-8-7-9-17(2)27(16)22(29)14-26-20-13-6-5-12-19(20)25-23(26)30-15-21(28)24-18-10-3-4-11-18/h5-6,12-13,16-18H,3-4,7-11,14-15H2,1-2H3,(H,24,28)/t16-,17+. The number of fused-ring (bicyclic) bond motifs is 1. The highest BCUT2D eigenvalue weighted by Gasteiger charge is 2.29. The van der Waals surface area contributed by atoms with Gasteiger partial charge in [-0.3, -0.25) is 9.59 Å². The number of para-hydroxylation sites is 2. The van der Waals surface area contributed by atoms with Crippen LogP contribution in [0, 0.1) is 0 Å². The molecule has 1 saturated heterocycles. The molecule has 2 aromatic rings. The van der Waals surface area contributed by atoms with Crippen molar-refractivity contribution >= 4 is 34.6 Å². The Labute approximate surface area is 182 Å². The Morgan fingerprint density at radius 3 is 2.50 bits per heavy atom. The van der Waals surface area contributed by atoms with Gasteiger partial charge in [-0.05, 0) is 58.1 Å². The maximum atomic E-state index is 13.2. The van der Waals surface area contributed by atoms with Crippen LogP contribution < -0.4 is 5.32 Å². The van der Waals surface area contributed by atoms with Gasteiger partial charge in [0.25, 0.3) is 0 Å². The first-order chi connectivity index (χ1) is 14.5. The van der Waals surface area contributed by atoms with Crippen LogP contribution in [0.4, 0.5) is 0 Å². The number of nitrogens with zero attached hydrogens (tertiary/aromatic N) is 3. The molecule has 0 bridgehead atoms. The average Bonchev–Trinajstić information content (AvgIpc) is 3.34. The number of piperidine rings is 1. The fourth-order valence-electron chi connectivity index (χ4n) is 4.92. The molecule has 0 unspecified atom stereocenters. The molecule has 7 heteroatoms. The van der Waals surface area contributed by atoms with E-state index >= 15 is 0 Å². The molecule has 2 heterocycles. The van der Waals surface area contributed by atoms with Gasteiger partial charge in [0.05, 0.1) is 16.8 Å². The van der Waals surface area contributed by atoms with Crippen LogP contribution in [0.25, 0.3) is 11.0 Å². The number of carbonyl (C=O) groups excluding carboxylic acids is 2. The second kappa shape index (κ2) is 9.41. The number of hydrogen-bond acceptors (Lipinski definition) is 4. The third kappa shape index (κ3) is 4.66. The summed E-state index contributed by atoms with van der Waals surface area (Å²) >= 11 is 1.42. The molecule has 0 radical (unpaired) electrons. The van der Waals surface area contributed by atoms with Gasteiger partial charge in [0.1, 0.15) is 6.54 Å². The quantitative estimate of drug-likeness (QED) is 0.707. The van der Waals surface area contributed by atoms with Gasteiger partial charge >= 0.3 is 0 Å². The zero-order valence-electron chi connectivity index (χ0n) is 18.0. The van der Waals surface area contributed by atoms with Crippen molar-refractivity contribution in [3.63, 3.8) is 0 Å². The number of hydrogen-bond donors (Lipinski definition) is 1. The summed E-state index contributed by atoms with van der Waals surface area (Å²) in [6.07, 6.45) is 7.85. The zero-order chi connectivity index (χ0) is 21.1. The van der Waals surface area contributed by atoms with E-state index in [1.165, 1.54) is 31.0 Å². The van der Waals surface area contributed by atoms with Crippen LogP contribution in [0.3, 0.4) is 0 Å². The van der Waals surface area contributed by atoms with Gasteiger partial charge in [-0.2, -0.15) is 0 Å². The molecule has 2 aliphatic rings. The van der Waals surface area contributed by atoms with Crippen LogP contribution in [-0.2, 0) is 16.1 Å². The number of imidazole rings is 1. The lowest BCUT2D eigenvalue weighted by Gasteiger charge is -2.39. The Morgan fingerprint density at radius 1 is 1.07 bits per heavy atom. The lowest BCUT2D eigenvalue weighted by Crippen LogP contribution is -2.48. The molecule has 162 valence electrons. The summed E-state index contributed by atoms with van der Waals surface area (Å²) in [7, 11) is 0. The topological polar surface area (TPSA) is 67.2 Å². The third-order valence-electron chi connectivity index (χ3n) is 6.45. The van der Waals surface area contributed by atoms with E-state index in [1.54, 1.807) is 0 Å². The number of aromatic nitrogens is 2. The SMILES string of the molecule is C[C@@H]1CCC[C@H](C)N1C(=O)Cn1c(SCC(=O)NC2CCCC2)nc2ccccc21. The Kier molecular flexibility index (Phi) is 6.66. The number of carbonyl (C=O) groups is 2. The van der Waals surface area contributed by atoms with Crippen molar-refractivity contribution in [2.75, 3.05) is 5.75 Å². The van der Waals surface area contributed by atoms with Crippen LogP contribution in [-0.4, -0.2) is 50.1 Å². The number of rotatable bonds is 6. The van der Waals surface area contributed by atoms with E-state index in [4.69, 9.17) is 4.98 Å². The monoisotopic (exact) mass is 428 g/mol. The Morgan fingerprint density at radius 2 is 1.77 bits per heavy atom. The molecule has 1 aromatic heterocycles. The number of likely N-dealkylation sites (tertiary alicyclic amines) is 1. The minimum Gasteiger partial charge on any atom is -0.353 e. The van der Waals surface area contributed by atoms with Gasteiger partial charge in [0.2, 0.25) is 11.8 Å². The van der Waals surface area contributed by atoms with E-state index in [0.29, 0.717) is 11.8 Å². The predicted octanol–water partition coefficient (Wildman–Crippen LogP) is 3.98. The van der Waals surface area contributed by atoms with Crippen molar-refractivity contribution in [3.05, 3.63) is 24.3 Å². The molecule has 1 aromatic carbocycles. The van der Waals surface area contributed by atoms with Crippen molar-refractivity contribution in [2.45, 2.75) is 88.6 Å². The van der Waals surface area contributed by atoms with E-state index in [-0.39, 0.29) is 30.4 Å². The van der Waals surface area contributed by atoms with E-state index in [0.717, 1.165) is 41.9 Å². The van der Waals surface area contributed by atoms with E-state index in [9.17, 15) is 9.59 Å². The number of thioether (sulfide) groups is 1. The van der Waals surface area contributed by atoms with Gasteiger partial charge < -0.3 is 14.8 Å². The number of nitrogens with one attached hydrogen (secondary N) is 1. The summed E-state index contributed by atoms with van der Waals surface area (Å²) in [5.74, 6) is 0.509. The maximum absolute atomic E-state index is 13.2. The van der Waals surface area contributed by atoms with Crippen molar-refractivity contribution in [3.8, 4) is 0 Å². The van der Waals surface area contributed by atoms with Crippen molar-refractivity contribution in [1.29, 1.82) is 0 Å². The lowest BCUT2D eigenvalue weighted by molar-refractivity contribution is -0.138. The fourth-order valence-corrected chi connectivity index (χ4v) is 5.74. The fraction of sp³-hybridized carbons (Fsp3) is 0.609. The predicted molar refractivity (Wildman–Crippen MR) is 120 cm³/mol. The average molecular weight is 429 g/mol. The lowest BCUT2D eigenvalue weighted by atomic mass is 9.97. The largest absolute Gasteiger partial charge is 0.353 e. The van der Waals surface area contributed by atoms with Gasteiger partial charge in [0.15, 0.2) is 5.16 Å². The second-order valence-corrected chi connectivity index (χ2v) is 9.68. The van der Waals surface area contributed by atoms with Crippen molar-refractivity contribution < 1.29 is 9.59 Å². The summed E-state index contributed by atoms with van der Waals surface area (Å²) in [5, 5.41) is 3.87.